The molecule has 11 nitrogen and oxygen atoms in total. The van der Waals surface area contributed by atoms with Crippen LogP contribution >= 0.6 is 12.4 Å². The van der Waals surface area contributed by atoms with Gasteiger partial charge in [-0.05, 0) is 41.7 Å². The lowest BCUT2D eigenvalue weighted by Crippen LogP contribution is -2.55. The van der Waals surface area contributed by atoms with Gasteiger partial charge < -0.3 is 27.2 Å². The van der Waals surface area contributed by atoms with Crippen LogP contribution in [0.25, 0.3) is 0 Å². The quantitative estimate of drug-likeness (QED) is 0.118. The summed E-state index contributed by atoms with van der Waals surface area (Å²) in [6.45, 7) is -0.610. The highest BCUT2D eigenvalue weighted by Gasteiger charge is 2.28. The summed E-state index contributed by atoms with van der Waals surface area (Å²) in [7, 11) is -3.96. The Bertz CT molecular complexity index is 1390. The van der Waals surface area contributed by atoms with Crippen LogP contribution in [0.5, 0.6) is 0 Å². The number of hydrogen-bond acceptors (Lipinski definition) is 6. The highest BCUT2D eigenvalue weighted by molar-refractivity contribution is 7.88. The third kappa shape index (κ3) is 11.6. The monoisotopic (exact) mass is 602 g/mol. The van der Waals surface area contributed by atoms with Gasteiger partial charge in [-0.3, -0.25) is 9.59 Å². The van der Waals surface area contributed by atoms with Gasteiger partial charge in [0.1, 0.15) is 12.1 Å². The number of amides is 2. The molecule has 0 fully saturated rings. The molecule has 220 valence electrons. The Labute approximate surface area is 245 Å². The van der Waals surface area contributed by atoms with Crippen LogP contribution in [0.3, 0.4) is 0 Å². The van der Waals surface area contributed by atoms with Crippen LogP contribution in [0.15, 0.2) is 89.9 Å². The summed E-state index contributed by atoms with van der Waals surface area (Å²) in [6.07, 6.45) is 0.732. The maximum atomic E-state index is 13.1. The number of halogens is 1. The molecule has 3 rings (SSSR count). The molecule has 0 radical (unpaired) electrons. The molecule has 2 atom stereocenters. The number of benzene rings is 3. The molecule has 0 aliphatic rings. The maximum absolute atomic E-state index is 13.1. The number of nitrogens with two attached hydrogens (primary N) is 2. The second-order valence-electron chi connectivity index (χ2n) is 9.10. The first kappa shape index (κ1) is 33.2. The first-order valence-electron chi connectivity index (χ1n) is 12.6. The van der Waals surface area contributed by atoms with Crippen molar-refractivity contribution in [2.24, 2.45) is 16.5 Å². The maximum Gasteiger partial charge on any atom is 0.242 e. The van der Waals surface area contributed by atoms with E-state index in [-0.39, 0.29) is 37.1 Å². The van der Waals surface area contributed by atoms with Gasteiger partial charge >= 0.3 is 0 Å². The smallest absolute Gasteiger partial charge is 0.242 e. The van der Waals surface area contributed by atoms with Crippen molar-refractivity contribution in [1.82, 2.24) is 15.4 Å². The van der Waals surface area contributed by atoms with E-state index in [1.807, 2.05) is 30.3 Å². The predicted octanol–water partition coefficient (Wildman–Crippen LogP) is 1.23. The molecule has 0 aromatic heterocycles. The fraction of sp³-hybridized carbons (Fsp3) is 0.250. The van der Waals surface area contributed by atoms with E-state index in [4.69, 9.17) is 11.5 Å². The largest absolute Gasteiger partial charge is 0.394 e. The van der Waals surface area contributed by atoms with Gasteiger partial charge in [-0.1, -0.05) is 72.8 Å². The molecule has 41 heavy (non-hydrogen) atoms. The Morgan fingerprint density at radius 2 is 1.39 bits per heavy atom. The molecule has 3 aromatic carbocycles. The normalized spacial score (nSPS) is 12.3. The van der Waals surface area contributed by atoms with E-state index in [0.29, 0.717) is 17.7 Å². The van der Waals surface area contributed by atoms with Crippen LogP contribution < -0.4 is 26.8 Å². The lowest BCUT2D eigenvalue weighted by Gasteiger charge is -2.22. The topological polar surface area (TPSA) is 189 Å². The number of nitrogens with zero attached hydrogens (tertiary/aromatic N) is 1. The summed E-state index contributed by atoms with van der Waals surface area (Å²) in [5.41, 5.74) is 13.6. The number of guanidine groups is 1. The highest BCUT2D eigenvalue weighted by Crippen LogP contribution is 2.13. The number of hydrogen-bond donors (Lipinski definition) is 6. The van der Waals surface area contributed by atoms with E-state index in [1.54, 1.807) is 54.6 Å². The van der Waals surface area contributed by atoms with E-state index in [9.17, 15) is 23.1 Å². The van der Waals surface area contributed by atoms with Crippen LogP contribution in [0.1, 0.15) is 23.1 Å². The van der Waals surface area contributed by atoms with Crippen molar-refractivity contribution < 1.29 is 23.1 Å². The van der Waals surface area contributed by atoms with E-state index in [1.165, 1.54) is 0 Å². The molecule has 13 heteroatoms. The zero-order valence-corrected chi connectivity index (χ0v) is 23.9. The minimum atomic E-state index is -3.96. The van der Waals surface area contributed by atoms with E-state index < -0.39 is 40.5 Å². The van der Waals surface area contributed by atoms with Crippen molar-refractivity contribution in [2.75, 3.05) is 6.61 Å². The Balaban J connectivity index is 0.00000588. The highest BCUT2D eigenvalue weighted by atomic mass is 35.5. The zero-order valence-electron chi connectivity index (χ0n) is 22.3. The summed E-state index contributed by atoms with van der Waals surface area (Å²) in [5, 5.41) is 15.2. The van der Waals surface area contributed by atoms with Crippen LogP contribution in [0.2, 0.25) is 0 Å². The molecule has 0 spiro atoms. The minimum Gasteiger partial charge on any atom is -0.394 e. The summed E-state index contributed by atoms with van der Waals surface area (Å²) in [4.78, 5) is 30.1. The average Bonchev–Trinajstić information content (AvgIpc) is 2.94. The second kappa shape index (κ2) is 16.3. The number of aliphatic hydroxyl groups is 1. The Hall–Kier alpha value is -3.97. The van der Waals surface area contributed by atoms with E-state index in [0.717, 1.165) is 11.1 Å². The summed E-state index contributed by atoms with van der Waals surface area (Å²) >= 11 is 0. The molecule has 8 N–H and O–H groups in total. The fourth-order valence-corrected chi connectivity index (χ4v) is 5.20. The average molecular weight is 603 g/mol. The van der Waals surface area contributed by atoms with Crippen LogP contribution in [-0.2, 0) is 38.3 Å². The van der Waals surface area contributed by atoms with Gasteiger partial charge in [0.15, 0.2) is 5.96 Å². The first-order valence-corrected chi connectivity index (χ1v) is 14.3. The molecule has 2 amide bonds. The Morgan fingerprint density at radius 1 is 0.805 bits per heavy atom. The number of aryl methyl sites for hydroxylation is 1. The standard InChI is InChI=1S/C28H34N6O5S.ClH/c29-28(30)32-23-14-11-21(12-15-23)17-31-26(36)24(16-13-20-7-3-1-4-8-20)33-27(37)25(18-35)34-40(38,39)19-22-9-5-2-6-10-22;/h1-12,14-15,24-25,34-35H,13,16-19H2,(H,31,36)(H,33,37)(H4,29,30,32);1H. The zero-order chi connectivity index (χ0) is 29.0. The molecule has 0 saturated heterocycles. The first-order chi connectivity index (χ1) is 19.1. The lowest BCUT2D eigenvalue weighted by atomic mass is 10.0. The fourth-order valence-electron chi connectivity index (χ4n) is 3.87. The summed E-state index contributed by atoms with van der Waals surface area (Å²) in [6, 6.07) is 22.3. The van der Waals surface area contributed by atoms with Crippen molar-refractivity contribution in [3.05, 3.63) is 102 Å². The third-order valence-corrected chi connectivity index (χ3v) is 7.24. The Morgan fingerprint density at radius 3 is 1.95 bits per heavy atom. The van der Waals surface area contributed by atoms with Crippen molar-refractivity contribution in [3.8, 4) is 0 Å². The van der Waals surface area contributed by atoms with Gasteiger partial charge in [0, 0.05) is 6.54 Å². The van der Waals surface area contributed by atoms with Gasteiger partial charge in [0.25, 0.3) is 0 Å². The van der Waals surface area contributed by atoms with E-state index >= 15 is 0 Å². The SMILES string of the molecule is Cl.NC(N)=Nc1ccc(CNC(=O)C(CCc2ccccc2)NC(=O)C(CO)NS(=O)(=O)Cc2ccccc2)cc1. The van der Waals surface area contributed by atoms with Crippen molar-refractivity contribution in [1.29, 1.82) is 0 Å². The van der Waals surface area contributed by atoms with Gasteiger partial charge in [0.2, 0.25) is 21.8 Å². The number of carbonyl (C=O) groups excluding carboxylic acids is 2. The van der Waals surface area contributed by atoms with Gasteiger partial charge in [-0.15, -0.1) is 12.4 Å². The second-order valence-corrected chi connectivity index (χ2v) is 10.9. The molecule has 0 aliphatic heterocycles. The lowest BCUT2D eigenvalue weighted by molar-refractivity contribution is -0.130. The number of aliphatic imine (C=N–C) groups is 1. The number of aliphatic hydroxyl groups excluding tert-OH is 1. The van der Waals surface area contributed by atoms with Crippen molar-refractivity contribution in [2.45, 2.75) is 37.2 Å². The van der Waals surface area contributed by atoms with E-state index in [2.05, 4.69) is 20.3 Å². The molecule has 2 unspecified atom stereocenters. The van der Waals surface area contributed by atoms with Crippen LogP contribution in [0.4, 0.5) is 5.69 Å². The summed E-state index contributed by atoms with van der Waals surface area (Å²) < 4.78 is 27.5. The van der Waals surface area contributed by atoms with Gasteiger partial charge in [0.05, 0.1) is 18.0 Å². The molecular formula is C28H35ClN6O5S. The third-order valence-electron chi connectivity index (χ3n) is 5.88. The Kier molecular flexibility index (Phi) is 13.2. The van der Waals surface area contributed by atoms with Gasteiger partial charge in [-0.25, -0.2) is 18.1 Å². The van der Waals surface area contributed by atoms with Crippen LogP contribution in [0, 0.1) is 0 Å². The number of nitrogens with one attached hydrogen (secondary N) is 3. The minimum absolute atomic E-state index is 0. The predicted molar refractivity (Wildman–Crippen MR) is 161 cm³/mol. The molecule has 0 saturated carbocycles. The molecule has 0 heterocycles. The number of sulfonamides is 1. The van der Waals surface area contributed by atoms with Gasteiger partial charge in [-0.2, -0.15) is 0 Å². The number of carbonyl (C=O) groups is 2. The molecule has 0 aliphatic carbocycles. The molecule has 0 bridgehead atoms. The molecule has 3 aromatic rings. The van der Waals surface area contributed by atoms with Crippen molar-refractivity contribution in [3.63, 3.8) is 0 Å². The molecular weight excluding hydrogens is 568 g/mol. The van der Waals surface area contributed by atoms with Crippen LogP contribution in [-0.4, -0.2) is 50.0 Å². The number of rotatable bonds is 14. The van der Waals surface area contributed by atoms with Crippen molar-refractivity contribution >= 4 is 45.9 Å². The summed E-state index contributed by atoms with van der Waals surface area (Å²) in [5.74, 6) is -1.70.